The molecule has 5 aliphatic rings. The zero-order valence-corrected chi connectivity index (χ0v) is 40.4. The summed E-state index contributed by atoms with van der Waals surface area (Å²) in [5, 5.41) is 6.88. The number of benzene rings is 4. The van der Waals surface area contributed by atoms with Gasteiger partial charge in [0.05, 0.1) is 81.2 Å². The van der Waals surface area contributed by atoms with Gasteiger partial charge in [-0.2, -0.15) is 0 Å². The molecule has 2 N–H and O–H groups in total. The number of rotatable bonds is 19. The van der Waals surface area contributed by atoms with E-state index in [1.807, 2.05) is 66.7 Å². The molecule has 0 spiro atoms. The maximum atomic E-state index is 14.0. The van der Waals surface area contributed by atoms with E-state index in [0.29, 0.717) is 90.3 Å². The Hall–Kier alpha value is -6.14. The number of hydrogen-bond donors (Lipinski definition) is 2. The summed E-state index contributed by atoms with van der Waals surface area (Å²) in [6.07, 6.45) is 5.17. The van der Waals surface area contributed by atoms with Crippen LogP contribution in [0.3, 0.4) is 0 Å². The Morgan fingerprint density at radius 3 is 1.77 bits per heavy atom. The lowest BCUT2D eigenvalue weighted by Crippen LogP contribution is -2.41. The van der Waals surface area contributed by atoms with Crippen LogP contribution in [0.1, 0.15) is 60.3 Å². The van der Waals surface area contributed by atoms with E-state index < -0.39 is 23.9 Å². The minimum absolute atomic E-state index is 0.0355. The van der Waals surface area contributed by atoms with E-state index in [2.05, 4.69) is 10.6 Å². The molecule has 7 unspecified atom stereocenters. The minimum atomic E-state index is -1.39. The Morgan fingerprint density at radius 2 is 1.22 bits per heavy atom. The van der Waals surface area contributed by atoms with E-state index >= 15 is 0 Å². The number of cyclic esters (lactones) is 2. The fraction of sp³-hybridized carbons (Fsp3) is 0.500. The van der Waals surface area contributed by atoms with Gasteiger partial charge in [-0.05, 0) is 129 Å². The Bertz CT molecular complexity index is 2330. The number of methoxy groups -OCH3 is 7. The third-order valence-corrected chi connectivity index (χ3v) is 13.4. The Labute approximate surface area is 403 Å². The van der Waals surface area contributed by atoms with Gasteiger partial charge in [-0.3, -0.25) is 9.59 Å². The number of carbonyl (C=O) groups excluding carboxylic acids is 2. The summed E-state index contributed by atoms with van der Waals surface area (Å²) in [5.41, 5.74) is 3.32. The standard InChI is InChI=1S/C33H37NO9.C19H27NO6/c1-36-24-10-8-22(9-11-24)33(42-18-23-6-5-13-34-23)25(14-20-15-28(37-2)31(39-4)29(16-20)38-3)30(32(35)43-33)21-7-12-26-27(17-21)41-19-40-26;1-22-15-8-12(9-16(23-2)18(15)24-3)7-13-10-17(21)26-19(13)25-11-14-5-4-6-20-14/h7-12,15-17,23,25,30,34H,5-6,13-14,18-19H2,1-4H3;8-9,13-14,19-20H,4-7,10-11H2,1-3H3. The Morgan fingerprint density at radius 1 is 0.638 bits per heavy atom. The number of nitrogens with one attached hydrogen (secondary N) is 2. The predicted molar refractivity (Wildman–Crippen MR) is 251 cm³/mol. The van der Waals surface area contributed by atoms with Crippen molar-refractivity contribution >= 4 is 11.9 Å². The van der Waals surface area contributed by atoms with E-state index in [9.17, 15) is 9.59 Å². The third kappa shape index (κ3) is 10.9. The first-order valence-corrected chi connectivity index (χ1v) is 23.4. The molecule has 7 atom stereocenters. The van der Waals surface area contributed by atoms with Crippen molar-refractivity contribution in [1.29, 1.82) is 0 Å². The van der Waals surface area contributed by atoms with Gasteiger partial charge in [-0.1, -0.05) is 6.07 Å². The molecule has 17 nitrogen and oxygen atoms in total. The second-order valence-corrected chi connectivity index (χ2v) is 17.5. The van der Waals surface area contributed by atoms with Crippen molar-refractivity contribution in [1.82, 2.24) is 10.6 Å². The second kappa shape index (κ2) is 22.5. The molecule has 0 aromatic heterocycles. The summed E-state index contributed by atoms with van der Waals surface area (Å²) < 4.78 is 74.2. The lowest BCUT2D eigenvalue weighted by atomic mass is 9.76. The minimum Gasteiger partial charge on any atom is -0.497 e. The molecule has 0 bridgehead atoms. The molecule has 9 rings (SSSR count). The highest BCUT2D eigenvalue weighted by Gasteiger charge is 2.59. The van der Waals surface area contributed by atoms with Crippen LogP contribution in [0, 0.1) is 11.8 Å². The highest BCUT2D eigenvalue weighted by atomic mass is 16.7. The van der Waals surface area contributed by atoms with E-state index in [0.717, 1.165) is 61.0 Å². The zero-order chi connectivity index (χ0) is 48.5. The predicted octanol–water partition coefficient (Wildman–Crippen LogP) is 6.48. The fourth-order valence-electron chi connectivity index (χ4n) is 9.93. The topological polar surface area (TPSA) is 178 Å². The van der Waals surface area contributed by atoms with Crippen molar-refractivity contribution in [2.75, 3.05) is 82.9 Å². The van der Waals surface area contributed by atoms with Gasteiger partial charge in [0.25, 0.3) is 0 Å². The molecule has 4 fully saturated rings. The molecular formula is C52H64N2O15. The average Bonchev–Trinajstić information content (AvgIpc) is 4.25. The number of fused-ring (bicyclic) bond motifs is 1. The number of esters is 2. The van der Waals surface area contributed by atoms with Crippen molar-refractivity contribution in [3.8, 4) is 51.7 Å². The van der Waals surface area contributed by atoms with Crippen LogP contribution < -0.4 is 53.3 Å². The second-order valence-electron chi connectivity index (χ2n) is 17.5. The summed E-state index contributed by atoms with van der Waals surface area (Å²) in [6, 6.07) is 21.2. The summed E-state index contributed by atoms with van der Waals surface area (Å²) in [5.74, 6) is 2.01. The van der Waals surface area contributed by atoms with Crippen LogP contribution in [-0.4, -0.2) is 113 Å². The molecule has 0 amide bonds. The van der Waals surface area contributed by atoms with Gasteiger partial charge in [0.15, 0.2) is 34.5 Å². The van der Waals surface area contributed by atoms with Gasteiger partial charge in [0, 0.05) is 23.6 Å². The largest absolute Gasteiger partial charge is 0.497 e. The van der Waals surface area contributed by atoms with Gasteiger partial charge in [-0.25, -0.2) is 0 Å². The van der Waals surface area contributed by atoms with Crippen LogP contribution in [0.2, 0.25) is 0 Å². The van der Waals surface area contributed by atoms with Crippen molar-refractivity contribution in [2.24, 2.45) is 11.8 Å². The molecule has 0 saturated carbocycles. The smallest absolute Gasteiger partial charge is 0.316 e. The van der Waals surface area contributed by atoms with E-state index in [1.54, 1.807) is 49.8 Å². The first kappa shape index (κ1) is 49.3. The highest BCUT2D eigenvalue weighted by Crippen LogP contribution is 2.54. The van der Waals surface area contributed by atoms with Crippen molar-refractivity contribution in [3.63, 3.8) is 0 Å². The molecule has 69 heavy (non-hydrogen) atoms. The molecule has 0 aliphatic carbocycles. The fourth-order valence-corrected chi connectivity index (χ4v) is 9.93. The van der Waals surface area contributed by atoms with Crippen molar-refractivity contribution in [3.05, 3.63) is 89.0 Å². The summed E-state index contributed by atoms with van der Waals surface area (Å²) >= 11 is 0. The van der Waals surface area contributed by atoms with Crippen LogP contribution >= 0.6 is 0 Å². The molecule has 4 aromatic rings. The van der Waals surface area contributed by atoms with Crippen LogP contribution in [0.15, 0.2) is 66.7 Å². The summed E-state index contributed by atoms with van der Waals surface area (Å²) in [7, 11) is 11.1. The summed E-state index contributed by atoms with van der Waals surface area (Å²) in [4.78, 5) is 25.9. The van der Waals surface area contributed by atoms with Gasteiger partial charge in [0.1, 0.15) is 5.75 Å². The molecule has 4 saturated heterocycles. The van der Waals surface area contributed by atoms with Crippen LogP contribution in [0.25, 0.3) is 0 Å². The van der Waals surface area contributed by atoms with E-state index in [1.165, 1.54) is 0 Å². The van der Waals surface area contributed by atoms with Gasteiger partial charge >= 0.3 is 11.9 Å². The normalized spacial score (nSPS) is 24.5. The molecule has 0 radical (unpaired) electrons. The first-order valence-electron chi connectivity index (χ1n) is 23.4. The SMILES string of the molecule is COc1cc(CC2CC(=O)OC2OCC2CCCN2)cc(OC)c1OC.COc1ccc(C2(OCC3CCCN3)OC(=O)C(c3ccc4c(c3)OCO4)C2Cc2cc(OC)c(OC)c(OC)c2)cc1. The van der Waals surface area contributed by atoms with Crippen molar-refractivity contribution in [2.45, 2.75) is 75.0 Å². The molecule has 372 valence electrons. The first-order chi connectivity index (χ1) is 33.6. The van der Waals surface area contributed by atoms with Gasteiger partial charge in [0.2, 0.25) is 30.4 Å². The Balaban J connectivity index is 0.000000211. The van der Waals surface area contributed by atoms with Crippen LogP contribution in [-0.2, 0) is 47.2 Å². The summed E-state index contributed by atoms with van der Waals surface area (Å²) in [6.45, 7) is 3.02. The number of carbonyl (C=O) groups is 2. The van der Waals surface area contributed by atoms with Crippen molar-refractivity contribution < 1.29 is 71.2 Å². The van der Waals surface area contributed by atoms with E-state index in [-0.39, 0.29) is 30.7 Å². The lowest BCUT2D eigenvalue weighted by Gasteiger charge is -2.36. The van der Waals surface area contributed by atoms with Crippen LogP contribution in [0.5, 0.6) is 51.7 Å². The molecule has 17 heteroatoms. The number of hydrogen-bond acceptors (Lipinski definition) is 17. The molecular weight excluding hydrogens is 893 g/mol. The monoisotopic (exact) mass is 956 g/mol. The molecule has 5 heterocycles. The molecule has 5 aliphatic heterocycles. The Kier molecular flexibility index (Phi) is 16.1. The highest BCUT2D eigenvalue weighted by molar-refractivity contribution is 5.82. The van der Waals surface area contributed by atoms with Gasteiger partial charge < -0.3 is 72.2 Å². The van der Waals surface area contributed by atoms with Gasteiger partial charge in [-0.15, -0.1) is 0 Å². The van der Waals surface area contributed by atoms with Crippen LogP contribution in [0.4, 0.5) is 0 Å². The maximum Gasteiger partial charge on any atom is 0.316 e. The number of ether oxygens (including phenoxy) is 13. The lowest BCUT2D eigenvalue weighted by molar-refractivity contribution is -0.239. The van der Waals surface area contributed by atoms with E-state index in [4.69, 9.17) is 61.6 Å². The molecule has 4 aromatic carbocycles. The third-order valence-electron chi connectivity index (χ3n) is 13.4. The maximum absolute atomic E-state index is 14.0. The zero-order valence-electron chi connectivity index (χ0n) is 40.4. The average molecular weight is 957 g/mol. The quantitative estimate of drug-likeness (QED) is 0.0975.